The summed E-state index contributed by atoms with van der Waals surface area (Å²) in [4.78, 5) is 31.0. The molecule has 8 nitrogen and oxygen atoms in total. The fourth-order valence-electron chi connectivity index (χ4n) is 3.54. The molecule has 1 aliphatic carbocycles. The van der Waals surface area contributed by atoms with E-state index >= 15 is 0 Å². The molecular formula is C22H21FN4O4S. The number of anilines is 1. The number of benzene rings is 1. The Bertz CT molecular complexity index is 1200. The van der Waals surface area contributed by atoms with Crippen LogP contribution in [0.3, 0.4) is 0 Å². The second kappa shape index (κ2) is 8.36. The molecule has 2 fully saturated rings. The molecule has 2 aromatic heterocycles. The van der Waals surface area contributed by atoms with Gasteiger partial charge in [-0.25, -0.2) is 9.18 Å². The van der Waals surface area contributed by atoms with Crippen LogP contribution >= 0.6 is 11.3 Å². The van der Waals surface area contributed by atoms with Crippen molar-refractivity contribution in [3.8, 4) is 11.5 Å². The van der Waals surface area contributed by atoms with Gasteiger partial charge in [-0.2, -0.15) is 0 Å². The van der Waals surface area contributed by atoms with Crippen LogP contribution in [0, 0.1) is 5.82 Å². The lowest BCUT2D eigenvalue weighted by atomic mass is 10.3. The third-order valence-corrected chi connectivity index (χ3v) is 6.49. The summed E-state index contributed by atoms with van der Waals surface area (Å²) in [6, 6.07) is 7.34. The molecule has 0 radical (unpaired) electrons. The molecule has 1 aromatic carbocycles. The first-order valence-electron chi connectivity index (χ1n) is 10.4. The summed E-state index contributed by atoms with van der Waals surface area (Å²) >= 11 is 1.22. The summed E-state index contributed by atoms with van der Waals surface area (Å²) in [5.41, 5.74) is 0.899. The Morgan fingerprint density at radius 2 is 2.03 bits per heavy atom. The fraction of sp³-hybridized carbons (Fsp3) is 0.318. The smallest absolute Gasteiger partial charge is 0.319 e. The van der Waals surface area contributed by atoms with Gasteiger partial charge in [0.25, 0.3) is 5.91 Å². The van der Waals surface area contributed by atoms with Gasteiger partial charge in [-0.3, -0.25) is 9.78 Å². The molecule has 3 amide bonds. The summed E-state index contributed by atoms with van der Waals surface area (Å²) in [6.45, 7) is 0.823. The molecule has 1 saturated carbocycles. The minimum absolute atomic E-state index is 0.00501. The van der Waals surface area contributed by atoms with Crippen molar-refractivity contribution in [2.75, 3.05) is 18.4 Å². The number of rotatable bonds is 5. The number of hydrogen-bond donors (Lipinski definition) is 3. The molecule has 1 aliphatic heterocycles. The van der Waals surface area contributed by atoms with E-state index in [0.29, 0.717) is 46.0 Å². The van der Waals surface area contributed by atoms with E-state index in [1.807, 2.05) is 0 Å². The molecule has 10 heteroatoms. The number of ether oxygens (including phenoxy) is 1. The molecule has 2 aliphatic rings. The number of aliphatic hydroxyl groups excluding tert-OH is 1. The summed E-state index contributed by atoms with van der Waals surface area (Å²) in [5.74, 6) is -0.416. The quantitative estimate of drug-likeness (QED) is 0.543. The van der Waals surface area contributed by atoms with Gasteiger partial charge in [0.05, 0.1) is 21.2 Å². The maximum Gasteiger partial charge on any atom is 0.319 e. The third-order valence-electron chi connectivity index (χ3n) is 5.36. The van der Waals surface area contributed by atoms with Crippen LogP contribution < -0.4 is 15.4 Å². The predicted octanol–water partition coefficient (Wildman–Crippen LogP) is 3.72. The van der Waals surface area contributed by atoms with Crippen LogP contribution in [0.4, 0.5) is 14.9 Å². The number of halogens is 1. The van der Waals surface area contributed by atoms with Crippen LogP contribution in [0.5, 0.6) is 11.5 Å². The number of nitrogens with one attached hydrogen (secondary N) is 2. The lowest BCUT2D eigenvalue weighted by molar-refractivity contribution is 0.0769. The van der Waals surface area contributed by atoms with Gasteiger partial charge in [-0.15, -0.1) is 11.3 Å². The van der Waals surface area contributed by atoms with Crippen molar-refractivity contribution in [3.05, 3.63) is 47.2 Å². The van der Waals surface area contributed by atoms with E-state index in [1.165, 1.54) is 29.7 Å². The first-order valence-corrected chi connectivity index (χ1v) is 11.2. The van der Waals surface area contributed by atoms with E-state index in [1.54, 1.807) is 23.1 Å². The Morgan fingerprint density at radius 1 is 1.19 bits per heavy atom. The molecule has 3 heterocycles. The van der Waals surface area contributed by atoms with Gasteiger partial charge in [0.15, 0.2) is 11.6 Å². The van der Waals surface area contributed by atoms with Gasteiger partial charge >= 0.3 is 6.03 Å². The van der Waals surface area contributed by atoms with Crippen molar-refractivity contribution in [2.45, 2.75) is 31.4 Å². The second-order valence-corrected chi connectivity index (χ2v) is 9.00. The van der Waals surface area contributed by atoms with Gasteiger partial charge in [0.2, 0.25) is 0 Å². The summed E-state index contributed by atoms with van der Waals surface area (Å²) in [6.07, 6.45) is 3.53. The molecule has 1 saturated heterocycles. The number of fused-ring (bicyclic) bond motifs is 1. The molecule has 32 heavy (non-hydrogen) atoms. The largest absolute Gasteiger partial charge is 0.453 e. The van der Waals surface area contributed by atoms with Gasteiger partial charge in [0.1, 0.15) is 5.75 Å². The number of β-amino-alcohol motifs (C(OH)–C–C–N with tert-alkyl or cyclic N) is 1. The molecule has 0 bridgehead atoms. The number of hydrogen-bond acceptors (Lipinski definition) is 6. The summed E-state index contributed by atoms with van der Waals surface area (Å²) < 4.78 is 21.1. The minimum Gasteiger partial charge on any atom is -0.453 e. The lowest BCUT2D eigenvalue weighted by Gasteiger charge is -2.13. The Labute approximate surface area is 187 Å². The molecule has 1 atom stereocenters. The van der Waals surface area contributed by atoms with Crippen LogP contribution in [0.2, 0.25) is 0 Å². The van der Waals surface area contributed by atoms with Crippen LogP contribution in [0.15, 0.2) is 36.5 Å². The van der Waals surface area contributed by atoms with Crippen molar-refractivity contribution in [3.63, 3.8) is 0 Å². The number of nitrogens with zero attached hydrogens (tertiary/aromatic N) is 2. The molecule has 0 spiro atoms. The second-order valence-electron chi connectivity index (χ2n) is 7.95. The van der Waals surface area contributed by atoms with Crippen molar-refractivity contribution >= 4 is 39.2 Å². The first-order chi connectivity index (χ1) is 15.5. The van der Waals surface area contributed by atoms with E-state index in [4.69, 9.17) is 4.74 Å². The van der Waals surface area contributed by atoms with Gasteiger partial charge in [0, 0.05) is 43.1 Å². The highest BCUT2D eigenvalue weighted by Gasteiger charge is 2.27. The highest BCUT2D eigenvalue weighted by Crippen LogP contribution is 2.36. The number of likely N-dealkylation sites (tertiary alicyclic amines) is 1. The number of aromatic nitrogens is 1. The van der Waals surface area contributed by atoms with Crippen molar-refractivity contribution < 1.29 is 23.8 Å². The minimum atomic E-state index is -0.627. The summed E-state index contributed by atoms with van der Waals surface area (Å²) in [7, 11) is 0. The average Bonchev–Trinajstić information content (AvgIpc) is 3.28. The molecule has 3 aromatic rings. The van der Waals surface area contributed by atoms with Crippen LogP contribution in [0.1, 0.15) is 28.9 Å². The zero-order valence-corrected chi connectivity index (χ0v) is 17.8. The third kappa shape index (κ3) is 4.37. The Kier molecular flexibility index (Phi) is 5.40. The van der Waals surface area contributed by atoms with Crippen LogP contribution in [-0.2, 0) is 0 Å². The van der Waals surface area contributed by atoms with Gasteiger partial charge in [-0.1, -0.05) is 0 Å². The maximum atomic E-state index is 14.6. The topological polar surface area (TPSA) is 104 Å². The van der Waals surface area contributed by atoms with E-state index in [0.717, 1.165) is 12.8 Å². The molecule has 0 unspecified atom stereocenters. The fourth-order valence-corrected chi connectivity index (χ4v) is 4.58. The molecular weight excluding hydrogens is 435 g/mol. The number of pyridine rings is 1. The zero-order chi connectivity index (χ0) is 22.2. The average molecular weight is 456 g/mol. The number of aliphatic hydroxyl groups is 1. The molecule has 5 rings (SSSR count). The Balaban J connectivity index is 1.34. The highest BCUT2D eigenvalue weighted by atomic mass is 32.1. The lowest BCUT2D eigenvalue weighted by Crippen LogP contribution is -2.30. The number of carbonyl (C=O) groups is 2. The van der Waals surface area contributed by atoms with E-state index in [9.17, 15) is 19.1 Å². The predicted molar refractivity (Wildman–Crippen MR) is 118 cm³/mol. The monoisotopic (exact) mass is 456 g/mol. The highest BCUT2D eigenvalue weighted by molar-refractivity contribution is 7.21. The van der Waals surface area contributed by atoms with Crippen LogP contribution in [0.25, 0.3) is 10.2 Å². The van der Waals surface area contributed by atoms with Crippen molar-refractivity contribution in [2.24, 2.45) is 0 Å². The number of carbonyl (C=O) groups excluding carboxylic acids is 2. The van der Waals surface area contributed by atoms with Crippen LogP contribution in [-0.4, -0.2) is 52.2 Å². The van der Waals surface area contributed by atoms with Gasteiger partial charge < -0.3 is 25.4 Å². The Hall–Kier alpha value is -3.24. The van der Waals surface area contributed by atoms with Crippen molar-refractivity contribution in [1.29, 1.82) is 0 Å². The normalized spacial score (nSPS) is 18.1. The first kappa shape index (κ1) is 20.7. The number of amides is 3. The van der Waals surface area contributed by atoms with E-state index in [-0.39, 0.29) is 23.7 Å². The number of thiophene rings is 1. The Morgan fingerprint density at radius 3 is 2.75 bits per heavy atom. The number of urea groups is 1. The van der Waals surface area contributed by atoms with E-state index < -0.39 is 11.9 Å². The molecule has 3 N–H and O–H groups in total. The zero-order valence-electron chi connectivity index (χ0n) is 17.0. The maximum absolute atomic E-state index is 14.6. The van der Waals surface area contributed by atoms with Gasteiger partial charge in [-0.05, 0) is 37.5 Å². The summed E-state index contributed by atoms with van der Waals surface area (Å²) in [5, 5.41) is 15.1. The standard InChI is InChI=1S/C22H21FN4O4S/c23-15-9-13(26-22(30)25-12-1-2-12)3-4-17(15)31-18-5-7-24-16-10-19(32-20(16)18)21(29)27-8-6-14(28)11-27/h3-5,7,9-10,12,14,28H,1-2,6,8,11H2,(H2,25,26,30)/t14-/m0/s1. The van der Waals surface area contributed by atoms with E-state index in [2.05, 4.69) is 15.6 Å². The van der Waals surface area contributed by atoms with Crippen molar-refractivity contribution in [1.82, 2.24) is 15.2 Å². The molecule has 166 valence electrons. The SMILES string of the molecule is O=C(Nc1ccc(Oc2ccnc3cc(C(=O)N4CC[C@H](O)C4)sc23)c(F)c1)NC1CC1.